The van der Waals surface area contributed by atoms with E-state index in [4.69, 9.17) is 14.2 Å². The molecule has 0 atom stereocenters. The molecular formula is C17H15BrO3S. The number of fused-ring (bicyclic) bond motifs is 1. The number of ether oxygens (including phenoxy) is 3. The second-order valence-electron chi connectivity index (χ2n) is 4.65. The molecule has 22 heavy (non-hydrogen) atoms. The summed E-state index contributed by atoms with van der Waals surface area (Å²) in [7, 11) is 3.25. The van der Waals surface area contributed by atoms with E-state index in [1.807, 2.05) is 30.3 Å². The highest BCUT2D eigenvalue weighted by Gasteiger charge is 2.16. The minimum atomic E-state index is 0.197. The van der Waals surface area contributed by atoms with E-state index in [2.05, 4.69) is 28.1 Å². The summed E-state index contributed by atoms with van der Waals surface area (Å²) in [4.78, 5) is 1.13. The molecule has 3 rings (SSSR count). The Labute approximate surface area is 141 Å². The van der Waals surface area contributed by atoms with Gasteiger partial charge in [-0.3, -0.25) is 0 Å². The first-order chi connectivity index (χ1) is 10.7. The van der Waals surface area contributed by atoms with Crippen LogP contribution in [0.4, 0.5) is 0 Å². The second-order valence-corrected chi connectivity index (χ2v) is 6.50. The molecule has 0 saturated heterocycles. The van der Waals surface area contributed by atoms with Gasteiger partial charge in [0.15, 0.2) is 6.79 Å². The highest BCUT2D eigenvalue weighted by Crippen LogP contribution is 2.45. The highest BCUT2D eigenvalue weighted by molar-refractivity contribution is 9.10. The van der Waals surface area contributed by atoms with Gasteiger partial charge >= 0.3 is 0 Å². The van der Waals surface area contributed by atoms with Crippen LogP contribution in [-0.2, 0) is 4.74 Å². The lowest BCUT2D eigenvalue weighted by molar-refractivity contribution is 0.0514. The zero-order chi connectivity index (χ0) is 15.5. The number of thiophene rings is 1. The minimum Gasteiger partial charge on any atom is -0.497 e. The quantitative estimate of drug-likeness (QED) is 0.562. The number of hydrogen-bond donors (Lipinski definition) is 0. The van der Waals surface area contributed by atoms with E-state index in [9.17, 15) is 0 Å². The van der Waals surface area contributed by atoms with E-state index in [-0.39, 0.29) is 6.79 Å². The molecule has 0 unspecified atom stereocenters. The maximum absolute atomic E-state index is 5.72. The van der Waals surface area contributed by atoms with Gasteiger partial charge in [0.25, 0.3) is 0 Å². The smallest absolute Gasteiger partial charge is 0.188 e. The van der Waals surface area contributed by atoms with Gasteiger partial charge in [0.2, 0.25) is 0 Å². The lowest BCUT2D eigenvalue weighted by Gasteiger charge is -2.12. The van der Waals surface area contributed by atoms with Crippen molar-refractivity contribution in [3.05, 3.63) is 46.9 Å². The fourth-order valence-corrected chi connectivity index (χ4v) is 4.30. The zero-order valence-electron chi connectivity index (χ0n) is 12.3. The van der Waals surface area contributed by atoms with Gasteiger partial charge in [0.1, 0.15) is 11.5 Å². The van der Waals surface area contributed by atoms with E-state index in [1.54, 1.807) is 25.6 Å². The van der Waals surface area contributed by atoms with Crippen molar-refractivity contribution in [3.8, 4) is 21.9 Å². The average Bonchev–Trinajstić information content (AvgIpc) is 2.90. The molecule has 0 spiro atoms. The van der Waals surface area contributed by atoms with Crippen LogP contribution in [0.25, 0.3) is 20.5 Å². The van der Waals surface area contributed by atoms with Gasteiger partial charge in [-0.2, -0.15) is 0 Å². The molecule has 0 bridgehead atoms. The fraction of sp³-hybridized carbons (Fsp3) is 0.176. The Bertz CT molecular complexity index is 798. The van der Waals surface area contributed by atoms with Crippen molar-refractivity contribution in [2.45, 2.75) is 0 Å². The number of methoxy groups -OCH3 is 2. The van der Waals surface area contributed by atoms with Crippen LogP contribution in [0.1, 0.15) is 0 Å². The van der Waals surface area contributed by atoms with Gasteiger partial charge in [-0.1, -0.05) is 18.2 Å². The summed E-state index contributed by atoms with van der Waals surface area (Å²) in [5.74, 6) is 1.50. The third-order valence-electron chi connectivity index (χ3n) is 3.30. The summed E-state index contributed by atoms with van der Waals surface area (Å²) in [5, 5.41) is 1.20. The number of benzene rings is 2. The third-order valence-corrected chi connectivity index (χ3v) is 5.59. The summed E-state index contributed by atoms with van der Waals surface area (Å²) in [6.45, 7) is 0.197. The van der Waals surface area contributed by atoms with Gasteiger partial charge in [-0.25, -0.2) is 0 Å². The molecule has 0 aliphatic heterocycles. The Morgan fingerprint density at radius 3 is 2.64 bits per heavy atom. The predicted octanol–water partition coefficient (Wildman–Crippen LogP) is 5.32. The predicted molar refractivity (Wildman–Crippen MR) is 94.0 cm³/mol. The lowest BCUT2D eigenvalue weighted by Crippen LogP contribution is -2.00. The van der Waals surface area contributed by atoms with Crippen molar-refractivity contribution in [2.24, 2.45) is 0 Å². The molecule has 0 radical (unpaired) electrons. The van der Waals surface area contributed by atoms with Crippen molar-refractivity contribution in [1.82, 2.24) is 0 Å². The summed E-state index contributed by atoms with van der Waals surface area (Å²) in [6.07, 6.45) is 0. The molecule has 3 aromatic rings. The summed E-state index contributed by atoms with van der Waals surface area (Å²) in [6, 6.07) is 14.1. The van der Waals surface area contributed by atoms with E-state index >= 15 is 0 Å². The van der Waals surface area contributed by atoms with Crippen LogP contribution in [0.5, 0.6) is 11.5 Å². The Hall–Kier alpha value is -1.56. The average molecular weight is 379 g/mol. The van der Waals surface area contributed by atoms with Gasteiger partial charge in [-0.05, 0) is 34.1 Å². The molecule has 0 aliphatic carbocycles. The van der Waals surface area contributed by atoms with Crippen molar-refractivity contribution < 1.29 is 14.2 Å². The van der Waals surface area contributed by atoms with Crippen molar-refractivity contribution >= 4 is 37.4 Å². The molecule has 1 aromatic heterocycles. The molecule has 0 aliphatic rings. The Morgan fingerprint density at radius 1 is 1.09 bits per heavy atom. The third kappa shape index (κ3) is 2.84. The number of halogens is 1. The molecule has 2 aromatic carbocycles. The molecule has 0 fully saturated rings. The molecular weight excluding hydrogens is 364 g/mol. The molecule has 1 heterocycles. The minimum absolute atomic E-state index is 0.197. The van der Waals surface area contributed by atoms with Crippen LogP contribution in [-0.4, -0.2) is 21.0 Å². The highest BCUT2D eigenvalue weighted by atomic mass is 79.9. The fourth-order valence-electron chi connectivity index (χ4n) is 2.25. The van der Waals surface area contributed by atoms with Crippen LogP contribution in [0.3, 0.4) is 0 Å². The first-order valence-corrected chi connectivity index (χ1v) is 8.32. The van der Waals surface area contributed by atoms with Crippen molar-refractivity contribution in [3.63, 3.8) is 0 Å². The summed E-state index contributed by atoms with van der Waals surface area (Å²) < 4.78 is 18.3. The summed E-state index contributed by atoms with van der Waals surface area (Å²) >= 11 is 5.45. The van der Waals surface area contributed by atoms with Crippen molar-refractivity contribution in [1.29, 1.82) is 0 Å². The molecule has 0 amide bonds. The Kier molecular flexibility index (Phi) is 4.66. The lowest BCUT2D eigenvalue weighted by atomic mass is 10.1. The Balaban J connectivity index is 2.14. The first kappa shape index (κ1) is 15.3. The first-order valence-electron chi connectivity index (χ1n) is 6.71. The van der Waals surface area contributed by atoms with Crippen LogP contribution in [0.2, 0.25) is 0 Å². The largest absolute Gasteiger partial charge is 0.497 e. The van der Waals surface area contributed by atoms with Gasteiger partial charge in [-0.15, -0.1) is 11.3 Å². The SMILES string of the molecule is COCOc1cc(OC)ccc1-c1sc2ccccc2c1Br. The monoisotopic (exact) mass is 378 g/mol. The molecule has 3 nitrogen and oxygen atoms in total. The van der Waals surface area contributed by atoms with E-state index in [0.29, 0.717) is 0 Å². The zero-order valence-corrected chi connectivity index (χ0v) is 14.7. The van der Waals surface area contributed by atoms with Crippen LogP contribution in [0.15, 0.2) is 46.9 Å². The second kappa shape index (κ2) is 6.69. The molecule has 5 heteroatoms. The van der Waals surface area contributed by atoms with Gasteiger partial charge in [0.05, 0.1) is 12.0 Å². The Morgan fingerprint density at radius 2 is 1.91 bits per heavy atom. The van der Waals surface area contributed by atoms with Crippen LogP contribution < -0.4 is 9.47 Å². The topological polar surface area (TPSA) is 27.7 Å². The van der Waals surface area contributed by atoms with Crippen LogP contribution in [0, 0.1) is 0 Å². The van der Waals surface area contributed by atoms with E-state index in [0.717, 1.165) is 26.4 Å². The van der Waals surface area contributed by atoms with Crippen molar-refractivity contribution in [2.75, 3.05) is 21.0 Å². The van der Waals surface area contributed by atoms with Gasteiger partial charge in [0, 0.05) is 33.3 Å². The molecule has 0 N–H and O–H groups in total. The normalized spacial score (nSPS) is 10.9. The van der Waals surface area contributed by atoms with E-state index in [1.165, 1.54) is 10.1 Å². The van der Waals surface area contributed by atoms with Gasteiger partial charge < -0.3 is 14.2 Å². The maximum atomic E-state index is 5.72. The molecule has 114 valence electrons. The maximum Gasteiger partial charge on any atom is 0.188 e. The van der Waals surface area contributed by atoms with E-state index < -0.39 is 0 Å². The molecule has 0 saturated carbocycles. The number of hydrogen-bond acceptors (Lipinski definition) is 4. The standard InChI is InChI=1S/C17H15BrO3S/c1-19-10-21-14-9-11(20-2)7-8-12(14)17-16(18)13-5-3-4-6-15(13)22-17/h3-9H,10H2,1-2H3. The summed E-state index contributed by atoms with van der Waals surface area (Å²) in [5.41, 5.74) is 1.02. The number of rotatable bonds is 5. The van der Waals surface area contributed by atoms with Crippen LogP contribution >= 0.6 is 27.3 Å².